The molecule has 0 aliphatic heterocycles. The zero-order valence-electron chi connectivity index (χ0n) is 8.49. The number of aromatic nitrogens is 1. The molecule has 1 rings (SSSR count). The molecule has 0 fully saturated rings. The summed E-state index contributed by atoms with van der Waals surface area (Å²) >= 11 is 0. The van der Waals surface area contributed by atoms with Crippen LogP contribution in [0.15, 0.2) is 31.0 Å². The quantitative estimate of drug-likeness (QED) is 0.697. The molecular weight excluding hydrogens is 176 g/mol. The predicted octanol–water partition coefficient (Wildman–Crippen LogP) is 1.76. The Bertz CT molecular complexity index is 269. The first-order valence-electron chi connectivity index (χ1n) is 4.76. The van der Waals surface area contributed by atoms with Crippen LogP contribution in [0.3, 0.4) is 0 Å². The van der Waals surface area contributed by atoms with Crippen molar-refractivity contribution in [1.29, 1.82) is 0 Å². The Kier molecular flexibility index (Phi) is 4.72. The van der Waals surface area contributed by atoms with Crippen LogP contribution in [-0.2, 0) is 6.54 Å². The average molecular weight is 192 g/mol. The summed E-state index contributed by atoms with van der Waals surface area (Å²) in [6.07, 6.45) is 3.52. The van der Waals surface area contributed by atoms with Gasteiger partial charge in [-0.1, -0.05) is 25.6 Å². The lowest BCUT2D eigenvalue weighted by Gasteiger charge is -2.04. The number of nitrogens with zero attached hydrogens (tertiary/aromatic N) is 1. The number of nitrogens with one attached hydrogen (secondary N) is 1. The summed E-state index contributed by atoms with van der Waals surface area (Å²) in [5.74, 6) is 0.644. The highest BCUT2D eigenvalue weighted by atomic mass is 16.5. The van der Waals surface area contributed by atoms with Crippen LogP contribution >= 0.6 is 0 Å². The minimum absolute atomic E-state index is 0.500. The standard InChI is InChI=1S/C11H16N2O/c1-3-7-14-11-6-5-10(9-13-11)8-12-4-2/h3,5-6,9,12H,1,4,7-8H2,2H3. The predicted molar refractivity (Wildman–Crippen MR) is 57.3 cm³/mol. The van der Waals surface area contributed by atoms with Crippen molar-refractivity contribution in [2.45, 2.75) is 13.5 Å². The number of ether oxygens (including phenoxy) is 1. The normalized spacial score (nSPS) is 9.79. The van der Waals surface area contributed by atoms with E-state index in [0.29, 0.717) is 12.5 Å². The Morgan fingerprint density at radius 3 is 3.00 bits per heavy atom. The van der Waals surface area contributed by atoms with Crippen LogP contribution in [0.25, 0.3) is 0 Å². The van der Waals surface area contributed by atoms with Crippen LogP contribution in [0, 0.1) is 0 Å². The summed E-state index contributed by atoms with van der Waals surface area (Å²) in [4.78, 5) is 4.16. The summed E-state index contributed by atoms with van der Waals surface area (Å²) in [6, 6.07) is 3.88. The van der Waals surface area contributed by atoms with Gasteiger partial charge in [-0.3, -0.25) is 0 Å². The molecule has 0 unspecified atom stereocenters. The lowest BCUT2D eigenvalue weighted by atomic mass is 10.3. The first-order chi connectivity index (χ1) is 6.86. The molecule has 1 heterocycles. The Balaban J connectivity index is 2.46. The molecule has 0 aliphatic carbocycles. The van der Waals surface area contributed by atoms with Gasteiger partial charge in [-0.05, 0) is 12.1 Å². The van der Waals surface area contributed by atoms with Crippen LogP contribution in [0.5, 0.6) is 5.88 Å². The summed E-state index contributed by atoms with van der Waals surface area (Å²) in [6.45, 7) is 7.97. The van der Waals surface area contributed by atoms with E-state index in [0.717, 1.165) is 18.7 Å². The van der Waals surface area contributed by atoms with Gasteiger partial charge >= 0.3 is 0 Å². The van der Waals surface area contributed by atoms with Crippen LogP contribution in [-0.4, -0.2) is 18.1 Å². The van der Waals surface area contributed by atoms with Gasteiger partial charge in [0.1, 0.15) is 6.61 Å². The van der Waals surface area contributed by atoms with E-state index in [2.05, 4.69) is 23.8 Å². The first-order valence-corrected chi connectivity index (χ1v) is 4.76. The number of pyridine rings is 1. The Hall–Kier alpha value is -1.35. The Morgan fingerprint density at radius 2 is 2.43 bits per heavy atom. The molecule has 3 nitrogen and oxygen atoms in total. The van der Waals surface area contributed by atoms with E-state index in [1.165, 1.54) is 0 Å². The molecule has 0 spiro atoms. The molecule has 0 aliphatic rings. The van der Waals surface area contributed by atoms with Crippen molar-refractivity contribution in [3.63, 3.8) is 0 Å². The van der Waals surface area contributed by atoms with E-state index in [-0.39, 0.29) is 0 Å². The van der Waals surface area contributed by atoms with Crippen molar-refractivity contribution in [3.05, 3.63) is 36.5 Å². The van der Waals surface area contributed by atoms with E-state index in [9.17, 15) is 0 Å². The lowest BCUT2D eigenvalue weighted by molar-refractivity contribution is 0.348. The molecule has 0 radical (unpaired) electrons. The first kappa shape index (κ1) is 10.7. The molecule has 3 heteroatoms. The van der Waals surface area contributed by atoms with Gasteiger partial charge in [-0.25, -0.2) is 4.98 Å². The van der Waals surface area contributed by atoms with Crippen LogP contribution < -0.4 is 10.1 Å². The number of hydrogen-bond acceptors (Lipinski definition) is 3. The fourth-order valence-electron chi connectivity index (χ4n) is 1.01. The number of rotatable bonds is 6. The third-order valence-electron chi connectivity index (χ3n) is 1.73. The summed E-state index contributed by atoms with van der Waals surface area (Å²) < 4.78 is 5.27. The van der Waals surface area contributed by atoms with Crippen molar-refractivity contribution in [1.82, 2.24) is 10.3 Å². The average Bonchev–Trinajstić information content (AvgIpc) is 2.25. The molecule has 0 aromatic carbocycles. The molecule has 0 bridgehead atoms. The molecule has 14 heavy (non-hydrogen) atoms. The summed E-state index contributed by atoms with van der Waals surface area (Å²) in [5, 5.41) is 3.23. The van der Waals surface area contributed by atoms with Crippen LogP contribution in [0.2, 0.25) is 0 Å². The van der Waals surface area contributed by atoms with Crippen molar-refractivity contribution < 1.29 is 4.74 Å². The van der Waals surface area contributed by atoms with E-state index < -0.39 is 0 Å². The lowest BCUT2D eigenvalue weighted by Crippen LogP contribution is -2.11. The maximum atomic E-state index is 5.27. The topological polar surface area (TPSA) is 34.1 Å². The molecule has 0 atom stereocenters. The van der Waals surface area contributed by atoms with Crippen molar-refractivity contribution >= 4 is 0 Å². The SMILES string of the molecule is C=CCOc1ccc(CNCC)cn1. The zero-order chi connectivity index (χ0) is 10.2. The maximum absolute atomic E-state index is 5.27. The zero-order valence-corrected chi connectivity index (χ0v) is 8.49. The van der Waals surface area contributed by atoms with Crippen molar-refractivity contribution in [2.75, 3.05) is 13.2 Å². The Labute approximate surface area is 84.8 Å². The molecule has 1 N–H and O–H groups in total. The molecular formula is C11H16N2O. The minimum Gasteiger partial charge on any atom is -0.473 e. The fraction of sp³-hybridized carbons (Fsp3) is 0.364. The highest BCUT2D eigenvalue weighted by Crippen LogP contribution is 2.07. The molecule has 76 valence electrons. The van der Waals surface area contributed by atoms with E-state index in [1.54, 1.807) is 6.08 Å². The van der Waals surface area contributed by atoms with Gasteiger partial charge in [0.15, 0.2) is 0 Å². The molecule has 0 saturated carbocycles. The number of hydrogen-bond donors (Lipinski definition) is 1. The minimum atomic E-state index is 0.500. The van der Waals surface area contributed by atoms with Gasteiger partial charge in [0.25, 0.3) is 0 Å². The molecule has 0 amide bonds. The van der Waals surface area contributed by atoms with E-state index in [1.807, 2.05) is 18.3 Å². The van der Waals surface area contributed by atoms with Gasteiger partial charge in [-0.2, -0.15) is 0 Å². The van der Waals surface area contributed by atoms with E-state index in [4.69, 9.17) is 4.74 Å². The van der Waals surface area contributed by atoms with E-state index >= 15 is 0 Å². The highest BCUT2D eigenvalue weighted by molar-refractivity contribution is 5.17. The largest absolute Gasteiger partial charge is 0.473 e. The molecule has 0 saturated heterocycles. The van der Waals surface area contributed by atoms with Crippen LogP contribution in [0.1, 0.15) is 12.5 Å². The van der Waals surface area contributed by atoms with Gasteiger partial charge in [0.2, 0.25) is 5.88 Å². The second-order valence-corrected chi connectivity index (χ2v) is 2.88. The smallest absolute Gasteiger partial charge is 0.213 e. The van der Waals surface area contributed by atoms with Gasteiger partial charge in [0, 0.05) is 18.8 Å². The van der Waals surface area contributed by atoms with Crippen LogP contribution in [0.4, 0.5) is 0 Å². The summed E-state index contributed by atoms with van der Waals surface area (Å²) in [5.41, 5.74) is 1.16. The third kappa shape index (κ3) is 3.58. The van der Waals surface area contributed by atoms with Gasteiger partial charge in [0.05, 0.1) is 0 Å². The monoisotopic (exact) mass is 192 g/mol. The molecule has 1 aromatic rings. The highest BCUT2D eigenvalue weighted by Gasteiger charge is 1.94. The molecule has 1 aromatic heterocycles. The van der Waals surface area contributed by atoms with Gasteiger partial charge < -0.3 is 10.1 Å². The third-order valence-corrected chi connectivity index (χ3v) is 1.73. The summed E-state index contributed by atoms with van der Waals surface area (Å²) in [7, 11) is 0. The van der Waals surface area contributed by atoms with Crippen molar-refractivity contribution in [3.8, 4) is 5.88 Å². The fourth-order valence-corrected chi connectivity index (χ4v) is 1.01. The maximum Gasteiger partial charge on any atom is 0.213 e. The second-order valence-electron chi connectivity index (χ2n) is 2.88. The van der Waals surface area contributed by atoms with Crippen molar-refractivity contribution in [2.24, 2.45) is 0 Å². The van der Waals surface area contributed by atoms with Gasteiger partial charge in [-0.15, -0.1) is 0 Å². The Morgan fingerprint density at radius 1 is 1.57 bits per heavy atom. The second kappa shape index (κ2) is 6.16.